The molecule has 0 bridgehead atoms. The van der Waals surface area contributed by atoms with E-state index in [1.807, 2.05) is 30.3 Å². The number of rotatable bonds is 7. The Balaban J connectivity index is 1.49. The lowest BCUT2D eigenvalue weighted by molar-refractivity contribution is -0.148. The van der Waals surface area contributed by atoms with Crippen LogP contribution in [-0.4, -0.2) is 65.9 Å². The van der Waals surface area contributed by atoms with Crippen molar-refractivity contribution in [2.75, 3.05) is 26.2 Å². The van der Waals surface area contributed by atoms with Gasteiger partial charge in [-0.05, 0) is 25.0 Å². The number of likely N-dealkylation sites (tertiary alicyclic amines) is 2. The highest BCUT2D eigenvalue weighted by Crippen LogP contribution is 2.27. The summed E-state index contributed by atoms with van der Waals surface area (Å²) in [7, 11) is 0. The summed E-state index contributed by atoms with van der Waals surface area (Å²) in [6.07, 6.45) is 1.16. The van der Waals surface area contributed by atoms with E-state index in [1.54, 1.807) is 4.90 Å². The van der Waals surface area contributed by atoms with Crippen molar-refractivity contribution in [3.63, 3.8) is 0 Å². The van der Waals surface area contributed by atoms with E-state index in [1.165, 1.54) is 0 Å². The monoisotopic (exact) mass is 395 g/mol. The molecule has 154 valence electrons. The molecule has 6 nitrogen and oxygen atoms in total. The van der Waals surface area contributed by atoms with E-state index in [2.05, 4.69) is 0 Å². The second kappa shape index (κ2) is 8.86. The Labute approximate surface area is 163 Å². The molecule has 2 N–H and O–H groups in total. The molecule has 2 amide bonds. The number of nitrogens with two attached hydrogens (primary N) is 1. The number of amides is 2. The van der Waals surface area contributed by atoms with Gasteiger partial charge in [0.15, 0.2) is 0 Å². The lowest BCUT2D eigenvalue weighted by atomic mass is 10.0. The number of carbonyl (C=O) groups is 2. The first-order chi connectivity index (χ1) is 13.3. The first-order valence-corrected chi connectivity index (χ1v) is 9.72. The molecule has 1 aromatic rings. The maximum atomic E-state index is 13.5. The summed E-state index contributed by atoms with van der Waals surface area (Å²) in [5.74, 6) is -2.58. The Morgan fingerprint density at radius 3 is 2.82 bits per heavy atom. The summed E-state index contributed by atoms with van der Waals surface area (Å²) >= 11 is 0. The van der Waals surface area contributed by atoms with Gasteiger partial charge in [0.1, 0.15) is 12.4 Å². The fraction of sp³-hybridized carbons (Fsp3) is 0.600. The molecule has 2 heterocycles. The number of alkyl halides is 2. The van der Waals surface area contributed by atoms with Crippen LogP contribution in [0.4, 0.5) is 8.78 Å². The number of piperidine rings is 1. The molecule has 28 heavy (non-hydrogen) atoms. The number of benzene rings is 1. The smallest absolute Gasteiger partial charge is 0.265 e. The maximum Gasteiger partial charge on any atom is 0.265 e. The third-order valence-corrected chi connectivity index (χ3v) is 5.25. The lowest BCUT2D eigenvalue weighted by Crippen LogP contribution is -2.51. The van der Waals surface area contributed by atoms with Gasteiger partial charge in [-0.25, -0.2) is 8.78 Å². The summed E-state index contributed by atoms with van der Waals surface area (Å²) < 4.78 is 32.8. The molecule has 2 atom stereocenters. The molecule has 2 saturated heterocycles. The third kappa shape index (κ3) is 5.41. The van der Waals surface area contributed by atoms with Gasteiger partial charge in [0.2, 0.25) is 11.8 Å². The van der Waals surface area contributed by atoms with E-state index in [0.29, 0.717) is 13.2 Å². The molecule has 1 aromatic carbocycles. The summed E-state index contributed by atoms with van der Waals surface area (Å²) in [5, 5.41) is 0. The third-order valence-electron chi connectivity index (χ3n) is 5.25. The highest BCUT2D eigenvalue weighted by Gasteiger charge is 2.39. The quantitative estimate of drug-likeness (QED) is 0.767. The van der Waals surface area contributed by atoms with E-state index in [4.69, 9.17) is 10.5 Å². The number of nitrogens with zero attached hydrogens (tertiary/aromatic N) is 2. The summed E-state index contributed by atoms with van der Waals surface area (Å²) in [5.41, 5.74) is 6.02. The van der Waals surface area contributed by atoms with Crippen LogP contribution in [0.5, 0.6) is 5.75 Å². The second-order valence-corrected chi connectivity index (χ2v) is 7.60. The molecular weight excluding hydrogens is 368 g/mol. The summed E-state index contributed by atoms with van der Waals surface area (Å²) in [6, 6.07) is 8.71. The molecule has 8 heteroatoms. The first kappa shape index (κ1) is 20.5. The number of ether oxygens (including phenoxy) is 1. The van der Waals surface area contributed by atoms with Crippen LogP contribution in [0.1, 0.15) is 32.1 Å². The van der Waals surface area contributed by atoms with Gasteiger partial charge in [0, 0.05) is 38.4 Å². The van der Waals surface area contributed by atoms with Crippen molar-refractivity contribution in [1.82, 2.24) is 9.80 Å². The van der Waals surface area contributed by atoms with Gasteiger partial charge in [0.25, 0.3) is 5.92 Å². The molecule has 0 unspecified atom stereocenters. The van der Waals surface area contributed by atoms with Crippen LogP contribution in [0, 0.1) is 0 Å². The fourth-order valence-corrected chi connectivity index (χ4v) is 3.80. The summed E-state index contributed by atoms with van der Waals surface area (Å²) in [4.78, 5) is 27.4. The Morgan fingerprint density at radius 1 is 1.32 bits per heavy atom. The standard InChI is InChI=1S/C20H27F2N3O3/c21-20(22)9-8-18(26)24(14-20)12-15(23)11-19(27)25-10-4-5-16(25)13-28-17-6-2-1-3-7-17/h1-3,6-7,15-16H,4-5,8-14,23H2/t15-,16-/m0/s1. The Hall–Kier alpha value is -2.22. The minimum absolute atomic E-state index is 0.0250. The van der Waals surface area contributed by atoms with Crippen LogP contribution >= 0.6 is 0 Å². The molecular formula is C20H27F2N3O3. The molecule has 0 aromatic heterocycles. The summed E-state index contributed by atoms with van der Waals surface area (Å²) in [6.45, 7) is 0.390. The first-order valence-electron chi connectivity index (χ1n) is 9.72. The average Bonchev–Trinajstić information content (AvgIpc) is 3.12. The van der Waals surface area contributed by atoms with Crippen molar-refractivity contribution in [3.8, 4) is 5.75 Å². The topological polar surface area (TPSA) is 75.9 Å². The lowest BCUT2D eigenvalue weighted by Gasteiger charge is -2.34. The van der Waals surface area contributed by atoms with Crippen LogP contribution in [0.15, 0.2) is 30.3 Å². The second-order valence-electron chi connectivity index (χ2n) is 7.60. The fourth-order valence-electron chi connectivity index (χ4n) is 3.80. The number of hydrogen-bond donors (Lipinski definition) is 1. The van der Waals surface area contributed by atoms with Crippen molar-refractivity contribution in [1.29, 1.82) is 0 Å². The highest BCUT2D eigenvalue weighted by molar-refractivity contribution is 5.79. The van der Waals surface area contributed by atoms with E-state index in [0.717, 1.165) is 23.5 Å². The molecule has 2 aliphatic heterocycles. The Morgan fingerprint density at radius 2 is 2.07 bits per heavy atom. The molecule has 0 spiro atoms. The zero-order valence-electron chi connectivity index (χ0n) is 15.9. The molecule has 0 radical (unpaired) electrons. The van der Waals surface area contributed by atoms with Gasteiger partial charge in [0.05, 0.1) is 12.6 Å². The Kier molecular flexibility index (Phi) is 6.49. The van der Waals surface area contributed by atoms with Crippen molar-refractivity contribution < 1.29 is 23.1 Å². The minimum Gasteiger partial charge on any atom is -0.491 e. The number of para-hydroxylation sites is 1. The number of halogens is 2. The molecule has 0 aliphatic carbocycles. The van der Waals surface area contributed by atoms with Crippen LogP contribution in [0.2, 0.25) is 0 Å². The Bertz CT molecular complexity index is 687. The average molecular weight is 395 g/mol. The van der Waals surface area contributed by atoms with Gasteiger partial charge >= 0.3 is 0 Å². The van der Waals surface area contributed by atoms with Gasteiger partial charge in [-0.1, -0.05) is 18.2 Å². The molecule has 3 rings (SSSR count). The predicted molar refractivity (Wildman–Crippen MR) is 100 cm³/mol. The van der Waals surface area contributed by atoms with Crippen molar-refractivity contribution in [3.05, 3.63) is 30.3 Å². The predicted octanol–water partition coefficient (Wildman–Crippen LogP) is 2.03. The van der Waals surface area contributed by atoms with Gasteiger partial charge < -0.3 is 20.3 Å². The van der Waals surface area contributed by atoms with E-state index < -0.39 is 24.9 Å². The number of hydrogen-bond acceptors (Lipinski definition) is 4. The van der Waals surface area contributed by atoms with Crippen molar-refractivity contribution in [2.45, 2.75) is 50.1 Å². The highest BCUT2D eigenvalue weighted by atomic mass is 19.3. The van der Waals surface area contributed by atoms with E-state index in [9.17, 15) is 18.4 Å². The van der Waals surface area contributed by atoms with Gasteiger partial charge in [-0.2, -0.15) is 0 Å². The van der Waals surface area contributed by atoms with Gasteiger partial charge in [-0.15, -0.1) is 0 Å². The van der Waals surface area contributed by atoms with Crippen LogP contribution in [0.25, 0.3) is 0 Å². The molecule has 2 aliphatic rings. The normalized spacial score (nSPS) is 23.0. The minimum atomic E-state index is -2.88. The van der Waals surface area contributed by atoms with E-state index in [-0.39, 0.29) is 37.2 Å². The zero-order valence-corrected chi connectivity index (χ0v) is 15.9. The zero-order chi connectivity index (χ0) is 20.1. The largest absolute Gasteiger partial charge is 0.491 e. The molecule has 2 fully saturated rings. The van der Waals surface area contributed by atoms with E-state index >= 15 is 0 Å². The van der Waals surface area contributed by atoms with Crippen molar-refractivity contribution >= 4 is 11.8 Å². The van der Waals surface area contributed by atoms with Crippen LogP contribution < -0.4 is 10.5 Å². The SMILES string of the molecule is N[C@@H](CC(=O)N1CCC[C@H]1COc1ccccc1)CN1CC(F)(F)CCC1=O. The maximum absolute atomic E-state index is 13.5. The van der Waals surface area contributed by atoms with Gasteiger partial charge in [-0.3, -0.25) is 9.59 Å². The molecule has 0 saturated carbocycles. The van der Waals surface area contributed by atoms with Crippen molar-refractivity contribution in [2.24, 2.45) is 5.73 Å². The van der Waals surface area contributed by atoms with Crippen LogP contribution in [-0.2, 0) is 9.59 Å². The number of carbonyl (C=O) groups excluding carboxylic acids is 2. The van der Waals surface area contributed by atoms with Crippen LogP contribution in [0.3, 0.4) is 0 Å².